The lowest BCUT2D eigenvalue weighted by Crippen LogP contribution is -2.33. The normalized spacial score (nSPS) is 15.5. The highest BCUT2D eigenvalue weighted by Crippen LogP contribution is 2.59. The molecule has 0 unspecified atom stereocenters. The summed E-state index contributed by atoms with van der Waals surface area (Å²) in [5, 5.41) is 0. The molecule has 5 rings (SSSR count). The average Bonchev–Trinajstić information content (AvgIpc) is 2.95. The molecule has 0 saturated heterocycles. The number of aryl methyl sites for hydroxylation is 1. The first-order valence-electron chi connectivity index (χ1n) is 8.60. The highest BCUT2D eigenvalue weighted by atomic mass is 32.1. The van der Waals surface area contributed by atoms with Gasteiger partial charge in [0.05, 0.1) is 15.4 Å². The fourth-order valence-electron chi connectivity index (χ4n) is 3.96. The zero-order valence-electron chi connectivity index (χ0n) is 14.8. The molecule has 2 aliphatic rings. The van der Waals surface area contributed by atoms with E-state index in [2.05, 4.69) is 25.3 Å². The molecular weight excluding hydrogens is 392 g/mol. The SMILES string of the molecule is Cc1ccc2c(c1)C(=O)OC21c2ccc(N)c(S)c2Oc2c1ccc(N)c2S. The molecule has 0 aliphatic carbocycles. The Bertz CT molecular complexity index is 1150. The van der Waals surface area contributed by atoms with Crippen LogP contribution in [0.3, 0.4) is 0 Å². The summed E-state index contributed by atoms with van der Waals surface area (Å²) in [5.41, 5.74) is 15.4. The maximum atomic E-state index is 12.9. The summed E-state index contributed by atoms with van der Waals surface area (Å²) in [6.45, 7) is 1.93. The van der Waals surface area contributed by atoms with Gasteiger partial charge in [0.15, 0.2) is 17.1 Å². The minimum absolute atomic E-state index is 0.396. The molecule has 0 amide bonds. The van der Waals surface area contributed by atoms with Gasteiger partial charge in [0.1, 0.15) is 0 Å². The standard InChI is InChI=1S/C21H16N2O3S2/c1-9-2-3-11-10(8-9)20(24)26-21(11)12-4-6-14(22)18(27)16(12)25-17-13(21)5-7-15(23)19(17)28/h2-8,27-28H,22-23H2,1H3. The van der Waals surface area contributed by atoms with Crippen LogP contribution in [0.4, 0.5) is 11.4 Å². The zero-order chi connectivity index (χ0) is 19.8. The van der Waals surface area contributed by atoms with Crippen LogP contribution in [-0.4, -0.2) is 5.97 Å². The first kappa shape index (κ1) is 17.3. The number of nitrogens with two attached hydrogens (primary N) is 2. The molecule has 0 bridgehead atoms. The molecule has 0 atom stereocenters. The number of hydrogen-bond donors (Lipinski definition) is 4. The number of esters is 1. The van der Waals surface area contributed by atoms with Crippen molar-refractivity contribution in [3.05, 3.63) is 70.3 Å². The van der Waals surface area contributed by atoms with E-state index in [1.165, 1.54) is 0 Å². The Morgan fingerprint density at radius 2 is 1.39 bits per heavy atom. The number of hydrogen-bond acceptors (Lipinski definition) is 7. The van der Waals surface area contributed by atoms with E-state index in [1.807, 2.05) is 37.3 Å². The maximum Gasteiger partial charge on any atom is 0.340 e. The Hall–Kier alpha value is -2.77. The van der Waals surface area contributed by atoms with Gasteiger partial charge in [-0.25, -0.2) is 4.79 Å². The summed E-state index contributed by atoms with van der Waals surface area (Å²) in [6, 6.07) is 12.8. The van der Waals surface area contributed by atoms with Crippen LogP contribution in [0, 0.1) is 6.92 Å². The molecule has 0 radical (unpaired) electrons. The minimum atomic E-state index is -1.18. The van der Waals surface area contributed by atoms with Crippen LogP contribution in [0.5, 0.6) is 11.5 Å². The van der Waals surface area contributed by atoms with Crippen molar-refractivity contribution >= 4 is 42.6 Å². The molecule has 140 valence electrons. The summed E-state index contributed by atoms with van der Waals surface area (Å²) in [7, 11) is 0. The van der Waals surface area contributed by atoms with E-state index in [9.17, 15) is 4.79 Å². The van der Waals surface area contributed by atoms with Gasteiger partial charge in [-0.15, -0.1) is 25.3 Å². The lowest BCUT2D eigenvalue weighted by atomic mass is 9.77. The van der Waals surface area contributed by atoms with Crippen LogP contribution in [0.1, 0.15) is 32.6 Å². The molecule has 3 aromatic carbocycles. The van der Waals surface area contributed by atoms with E-state index < -0.39 is 11.6 Å². The number of benzene rings is 3. The number of carbonyl (C=O) groups is 1. The molecule has 7 heteroatoms. The average molecular weight is 409 g/mol. The number of anilines is 2. The second kappa shape index (κ2) is 5.62. The monoisotopic (exact) mass is 408 g/mol. The van der Waals surface area contributed by atoms with E-state index in [1.54, 1.807) is 12.1 Å². The molecule has 3 aromatic rings. The van der Waals surface area contributed by atoms with Crippen molar-refractivity contribution in [3.63, 3.8) is 0 Å². The van der Waals surface area contributed by atoms with E-state index in [0.717, 1.165) is 11.1 Å². The van der Waals surface area contributed by atoms with Gasteiger partial charge >= 0.3 is 5.97 Å². The topological polar surface area (TPSA) is 87.6 Å². The lowest BCUT2D eigenvalue weighted by molar-refractivity contribution is 0.0221. The van der Waals surface area contributed by atoms with E-state index in [-0.39, 0.29) is 0 Å². The molecule has 4 N–H and O–H groups in total. The molecule has 5 nitrogen and oxygen atoms in total. The van der Waals surface area contributed by atoms with Crippen LogP contribution >= 0.6 is 25.3 Å². The maximum absolute atomic E-state index is 12.9. The van der Waals surface area contributed by atoms with Gasteiger partial charge in [0, 0.05) is 28.1 Å². The van der Waals surface area contributed by atoms with Crippen LogP contribution in [0.25, 0.3) is 0 Å². The van der Waals surface area contributed by atoms with E-state index >= 15 is 0 Å². The molecule has 2 heterocycles. The van der Waals surface area contributed by atoms with Crippen molar-refractivity contribution in [3.8, 4) is 11.5 Å². The Balaban J connectivity index is 1.95. The Kier molecular flexibility index (Phi) is 3.48. The van der Waals surface area contributed by atoms with E-state index in [0.29, 0.717) is 49.4 Å². The second-order valence-electron chi connectivity index (χ2n) is 6.98. The third kappa shape index (κ3) is 2.03. The van der Waals surface area contributed by atoms with E-state index in [4.69, 9.17) is 20.9 Å². The first-order valence-corrected chi connectivity index (χ1v) is 9.50. The van der Waals surface area contributed by atoms with Gasteiger partial charge in [-0.3, -0.25) is 0 Å². The van der Waals surface area contributed by atoms with Crippen LogP contribution < -0.4 is 16.2 Å². The molecule has 0 aromatic heterocycles. The quantitative estimate of drug-likeness (QED) is 0.253. The first-order chi connectivity index (χ1) is 13.3. The lowest BCUT2D eigenvalue weighted by Gasteiger charge is -2.37. The van der Waals surface area contributed by atoms with Crippen molar-refractivity contribution in [1.82, 2.24) is 0 Å². The van der Waals surface area contributed by atoms with Gasteiger partial charge in [0.2, 0.25) is 0 Å². The predicted octanol–water partition coefficient (Wildman–Crippen LogP) is 4.30. The molecule has 28 heavy (non-hydrogen) atoms. The minimum Gasteiger partial charge on any atom is -0.454 e. The summed E-state index contributed by atoms with van der Waals surface area (Å²) in [4.78, 5) is 13.8. The number of ether oxygens (including phenoxy) is 2. The molecular formula is C21H16N2O3S2. The summed E-state index contributed by atoms with van der Waals surface area (Å²) in [6.07, 6.45) is 0. The number of rotatable bonds is 0. The van der Waals surface area contributed by atoms with Crippen molar-refractivity contribution in [2.45, 2.75) is 22.3 Å². The van der Waals surface area contributed by atoms with Gasteiger partial charge in [0.25, 0.3) is 0 Å². The zero-order valence-corrected chi connectivity index (χ0v) is 16.6. The third-order valence-corrected chi connectivity index (χ3v) is 6.23. The second-order valence-corrected chi connectivity index (χ2v) is 7.88. The molecule has 0 saturated carbocycles. The van der Waals surface area contributed by atoms with Crippen molar-refractivity contribution in [2.24, 2.45) is 0 Å². The Morgan fingerprint density at radius 1 is 0.857 bits per heavy atom. The summed E-state index contributed by atoms with van der Waals surface area (Å²) < 4.78 is 12.2. The van der Waals surface area contributed by atoms with Gasteiger partial charge in [-0.1, -0.05) is 17.7 Å². The summed E-state index contributed by atoms with van der Waals surface area (Å²) in [5.74, 6) is 0.462. The third-order valence-electron chi connectivity index (χ3n) is 5.31. The fourth-order valence-corrected chi connectivity index (χ4v) is 4.45. The van der Waals surface area contributed by atoms with Crippen LogP contribution in [-0.2, 0) is 10.3 Å². The fraction of sp³-hybridized carbons (Fsp3) is 0.0952. The predicted molar refractivity (Wildman–Crippen MR) is 113 cm³/mol. The number of thiol groups is 2. The smallest absolute Gasteiger partial charge is 0.340 e. The molecule has 2 aliphatic heterocycles. The molecule has 0 fully saturated rings. The number of carbonyl (C=O) groups excluding carboxylic acids is 1. The van der Waals surface area contributed by atoms with Crippen LogP contribution in [0.2, 0.25) is 0 Å². The number of fused-ring (bicyclic) bond motifs is 6. The molecule has 1 spiro atoms. The van der Waals surface area contributed by atoms with Crippen molar-refractivity contribution < 1.29 is 14.3 Å². The highest BCUT2D eigenvalue weighted by molar-refractivity contribution is 7.80. The highest BCUT2D eigenvalue weighted by Gasteiger charge is 2.54. The van der Waals surface area contributed by atoms with Crippen LogP contribution in [0.15, 0.2) is 52.3 Å². The Labute approximate surface area is 172 Å². The van der Waals surface area contributed by atoms with Crippen molar-refractivity contribution in [2.75, 3.05) is 11.5 Å². The Morgan fingerprint density at radius 3 is 1.96 bits per heavy atom. The summed E-state index contributed by atoms with van der Waals surface area (Å²) >= 11 is 9.08. The van der Waals surface area contributed by atoms with Gasteiger partial charge in [-0.05, 0) is 37.3 Å². The number of nitrogen functional groups attached to an aromatic ring is 2. The van der Waals surface area contributed by atoms with Gasteiger partial charge in [-0.2, -0.15) is 0 Å². The van der Waals surface area contributed by atoms with Crippen molar-refractivity contribution in [1.29, 1.82) is 0 Å². The largest absolute Gasteiger partial charge is 0.454 e. The van der Waals surface area contributed by atoms with Gasteiger partial charge < -0.3 is 20.9 Å².